The van der Waals surface area contributed by atoms with Crippen molar-refractivity contribution in [2.45, 2.75) is 38.6 Å². The van der Waals surface area contributed by atoms with Gasteiger partial charge in [0.2, 0.25) is 5.91 Å². The number of carbonyl (C=O) groups excluding carboxylic acids is 1. The van der Waals surface area contributed by atoms with Gasteiger partial charge in [-0.1, -0.05) is 18.2 Å². The third kappa shape index (κ3) is 3.40. The van der Waals surface area contributed by atoms with E-state index < -0.39 is 0 Å². The molecule has 0 saturated heterocycles. The Morgan fingerprint density at radius 2 is 2.08 bits per heavy atom. The lowest BCUT2D eigenvalue weighted by Crippen LogP contribution is -2.33. The van der Waals surface area contributed by atoms with E-state index in [1.807, 2.05) is 30.5 Å². The normalized spacial score (nSPS) is 13.5. The highest BCUT2D eigenvalue weighted by molar-refractivity contribution is 5.88. The first-order chi connectivity index (χ1) is 12.7. The van der Waals surface area contributed by atoms with Gasteiger partial charge in [0.15, 0.2) is 0 Å². The molecule has 1 amide bonds. The van der Waals surface area contributed by atoms with Crippen LogP contribution in [0.4, 0.5) is 0 Å². The molecule has 0 unspecified atom stereocenters. The number of hydrogen-bond donors (Lipinski definition) is 2. The minimum atomic E-state index is -0.0865. The van der Waals surface area contributed by atoms with Crippen LogP contribution in [0.2, 0.25) is 0 Å². The number of para-hydroxylation sites is 1. The summed E-state index contributed by atoms with van der Waals surface area (Å²) in [4.78, 5) is 27.6. The van der Waals surface area contributed by atoms with E-state index in [4.69, 9.17) is 0 Å². The molecule has 4 rings (SSSR count). The number of rotatable bonds is 5. The van der Waals surface area contributed by atoms with E-state index in [-0.39, 0.29) is 11.5 Å². The summed E-state index contributed by atoms with van der Waals surface area (Å²) >= 11 is 0. The molecule has 6 heteroatoms. The average Bonchev–Trinajstić information content (AvgIpc) is 3.05. The van der Waals surface area contributed by atoms with Crippen LogP contribution in [0.5, 0.6) is 0 Å². The zero-order valence-electron chi connectivity index (χ0n) is 14.6. The number of H-pyrrole nitrogens is 1. The second-order valence-electron chi connectivity index (χ2n) is 6.77. The van der Waals surface area contributed by atoms with Crippen molar-refractivity contribution in [3.8, 4) is 0 Å². The maximum atomic E-state index is 12.2. The molecule has 0 atom stereocenters. The van der Waals surface area contributed by atoms with Gasteiger partial charge in [-0.05, 0) is 42.9 Å². The lowest BCUT2D eigenvalue weighted by Gasteiger charge is -2.16. The summed E-state index contributed by atoms with van der Waals surface area (Å²) in [5.41, 5.74) is 4.03. The van der Waals surface area contributed by atoms with Gasteiger partial charge in [0.25, 0.3) is 5.56 Å². The molecule has 0 saturated carbocycles. The molecular weight excluding hydrogens is 328 g/mol. The van der Waals surface area contributed by atoms with Crippen molar-refractivity contribution in [2.24, 2.45) is 0 Å². The first-order valence-corrected chi connectivity index (χ1v) is 9.12. The number of hydrogen-bond acceptors (Lipinski definition) is 3. The second-order valence-corrected chi connectivity index (χ2v) is 6.77. The minimum Gasteiger partial charge on any atom is -0.361 e. The smallest absolute Gasteiger partial charge is 0.267 e. The van der Waals surface area contributed by atoms with Crippen molar-refractivity contribution >= 4 is 16.8 Å². The third-order valence-electron chi connectivity index (χ3n) is 4.95. The van der Waals surface area contributed by atoms with Crippen LogP contribution in [0.3, 0.4) is 0 Å². The number of aromatic nitrogens is 3. The summed E-state index contributed by atoms with van der Waals surface area (Å²) in [6, 6.07) is 9.63. The SMILES string of the molecule is O=C(Cc1c[nH]c2ccccc12)NCCn1nc2c(cc1=O)CCCC2. The highest BCUT2D eigenvalue weighted by Crippen LogP contribution is 2.18. The van der Waals surface area contributed by atoms with Crippen LogP contribution >= 0.6 is 0 Å². The van der Waals surface area contributed by atoms with Gasteiger partial charge in [0.05, 0.1) is 18.7 Å². The summed E-state index contributed by atoms with van der Waals surface area (Å²) in [6.45, 7) is 0.790. The van der Waals surface area contributed by atoms with Crippen LogP contribution < -0.4 is 10.9 Å². The summed E-state index contributed by atoms with van der Waals surface area (Å²) in [5, 5.41) is 8.43. The number of benzene rings is 1. The number of nitrogens with zero attached hydrogens (tertiary/aromatic N) is 2. The number of carbonyl (C=O) groups is 1. The number of aryl methyl sites for hydroxylation is 2. The first kappa shape index (κ1) is 16.6. The molecule has 1 aromatic carbocycles. The fourth-order valence-corrected chi connectivity index (χ4v) is 3.58. The number of nitrogens with one attached hydrogen (secondary N) is 2. The van der Waals surface area contributed by atoms with E-state index in [1.54, 1.807) is 6.07 Å². The Kier molecular flexibility index (Phi) is 4.56. The summed E-state index contributed by atoms with van der Waals surface area (Å²) in [5.74, 6) is -0.0548. The average molecular weight is 350 g/mol. The van der Waals surface area contributed by atoms with E-state index in [0.29, 0.717) is 19.5 Å². The van der Waals surface area contributed by atoms with Crippen molar-refractivity contribution in [1.29, 1.82) is 0 Å². The predicted octanol–water partition coefficient (Wildman–Crippen LogP) is 1.96. The Balaban J connectivity index is 1.36. The van der Waals surface area contributed by atoms with Crippen molar-refractivity contribution < 1.29 is 4.79 Å². The Labute approximate surface area is 151 Å². The maximum Gasteiger partial charge on any atom is 0.267 e. The Bertz CT molecular complexity index is 1000. The molecule has 1 aliphatic rings. The number of fused-ring (bicyclic) bond motifs is 2. The van der Waals surface area contributed by atoms with E-state index >= 15 is 0 Å². The van der Waals surface area contributed by atoms with Crippen molar-refractivity contribution in [3.05, 3.63) is 63.7 Å². The van der Waals surface area contributed by atoms with Crippen molar-refractivity contribution in [3.63, 3.8) is 0 Å². The van der Waals surface area contributed by atoms with Gasteiger partial charge in [-0.15, -0.1) is 0 Å². The van der Waals surface area contributed by atoms with Crippen LogP contribution in [-0.4, -0.2) is 27.2 Å². The Morgan fingerprint density at radius 3 is 3.00 bits per heavy atom. The molecule has 26 heavy (non-hydrogen) atoms. The van der Waals surface area contributed by atoms with E-state index in [0.717, 1.165) is 53.4 Å². The number of amides is 1. The highest BCUT2D eigenvalue weighted by Gasteiger charge is 2.13. The van der Waals surface area contributed by atoms with Crippen LogP contribution in [0.25, 0.3) is 10.9 Å². The lowest BCUT2D eigenvalue weighted by molar-refractivity contribution is -0.120. The molecule has 2 aromatic heterocycles. The molecular formula is C20H22N4O2. The maximum absolute atomic E-state index is 12.2. The first-order valence-electron chi connectivity index (χ1n) is 9.12. The third-order valence-corrected chi connectivity index (χ3v) is 4.95. The van der Waals surface area contributed by atoms with Crippen LogP contribution in [-0.2, 0) is 30.6 Å². The molecule has 6 nitrogen and oxygen atoms in total. The van der Waals surface area contributed by atoms with Gasteiger partial charge in [-0.3, -0.25) is 9.59 Å². The van der Waals surface area contributed by atoms with Crippen LogP contribution in [0.15, 0.2) is 41.3 Å². The summed E-state index contributed by atoms with van der Waals surface area (Å²) in [6.07, 6.45) is 6.32. The van der Waals surface area contributed by atoms with E-state index in [1.165, 1.54) is 4.68 Å². The fraction of sp³-hybridized carbons (Fsp3) is 0.350. The Hall–Kier alpha value is -2.89. The zero-order valence-corrected chi connectivity index (χ0v) is 14.6. The molecule has 2 N–H and O–H groups in total. The van der Waals surface area contributed by atoms with Crippen molar-refractivity contribution in [2.75, 3.05) is 6.54 Å². The molecule has 2 heterocycles. The molecule has 0 bridgehead atoms. The van der Waals surface area contributed by atoms with E-state index in [9.17, 15) is 9.59 Å². The highest BCUT2D eigenvalue weighted by atomic mass is 16.1. The largest absolute Gasteiger partial charge is 0.361 e. The molecule has 1 aliphatic carbocycles. The van der Waals surface area contributed by atoms with Crippen LogP contribution in [0.1, 0.15) is 29.7 Å². The second kappa shape index (κ2) is 7.15. The Morgan fingerprint density at radius 1 is 1.23 bits per heavy atom. The van der Waals surface area contributed by atoms with Crippen molar-refractivity contribution in [1.82, 2.24) is 20.1 Å². The quantitative estimate of drug-likeness (QED) is 0.738. The van der Waals surface area contributed by atoms with Gasteiger partial charge < -0.3 is 10.3 Å². The minimum absolute atomic E-state index is 0.0548. The molecule has 0 aliphatic heterocycles. The van der Waals surface area contributed by atoms with Gasteiger partial charge in [-0.2, -0.15) is 5.10 Å². The van der Waals surface area contributed by atoms with Gasteiger partial charge in [0.1, 0.15) is 0 Å². The molecule has 134 valence electrons. The zero-order chi connectivity index (χ0) is 17.9. The molecule has 3 aromatic rings. The van der Waals surface area contributed by atoms with Gasteiger partial charge >= 0.3 is 0 Å². The topological polar surface area (TPSA) is 79.8 Å². The molecule has 0 spiro atoms. The fourth-order valence-electron chi connectivity index (χ4n) is 3.58. The van der Waals surface area contributed by atoms with Gasteiger partial charge in [-0.25, -0.2) is 4.68 Å². The number of aromatic amines is 1. The van der Waals surface area contributed by atoms with Gasteiger partial charge in [0, 0.05) is 29.7 Å². The predicted molar refractivity (Wildman–Crippen MR) is 100 cm³/mol. The van der Waals surface area contributed by atoms with E-state index in [2.05, 4.69) is 15.4 Å². The monoisotopic (exact) mass is 350 g/mol. The standard InChI is InChI=1S/C20H22N4O2/c25-19(11-15-13-22-18-8-4-2-6-16(15)18)21-9-10-24-20(26)12-14-5-1-3-7-17(14)23-24/h2,4,6,8,12-13,22H,1,3,5,7,9-11H2,(H,21,25). The van der Waals surface area contributed by atoms with Crippen LogP contribution in [0, 0.1) is 0 Å². The summed E-state index contributed by atoms with van der Waals surface area (Å²) < 4.78 is 1.47. The molecule has 0 fully saturated rings. The summed E-state index contributed by atoms with van der Waals surface area (Å²) in [7, 11) is 0. The lowest BCUT2D eigenvalue weighted by atomic mass is 9.97. The molecule has 0 radical (unpaired) electrons.